The summed E-state index contributed by atoms with van der Waals surface area (Å²) >= 11 is 0. The molecule has 1 aliphatic heterocycles. The van der Waals surface area contributed by atoms with Crippen LogP contribution in [0.2, 0.25) is 0 Å². The van der Waals surface area contributed by atoms with Crippen LogP contribution in [0, 0.1) is 5.92 Å². The second-order valence-corrected chi connectivity index (χ2v) is 10.4. The van der Waals surface area contributed by atoms with Crippen LogP contribution in [-0.4, -0.2) is 43.6 Å². The average molecular weight is 523 g/mol. The number of nitrogens with zero attached hydrogens (tertiary/aromatic N) is 4. The van der Waals surface area contributed by atoms with Gasteiger partial charge in [-0.15, -0.1) is 10.2 Å². The Balaban J connectivity index is 1.36. The zero-order valence-corrected chi connectivity index (χ0v) is 22.0. The highest BCUT2D eigenvalue weighted by Gasteiger charge is 2.32. The number of carbonyl (C=O) groups is 1. The van der Waals surface area contributed by atoms with Crippen molar-refractivity contribution < 1.29 is 9.21 Å². The molecule has 3 N–H and O–H groups in total. The molecule has 0 saturated carbocycles. The summed E-state index contributed by atoms with van der Waals surface area (Å²) in [6, 6.07) is 22.8. The number of hydrogen-bond donors (Lipinski definition) is 2. The normalized spacial score (nSPS) is 15.6. The fourth-order valence-corrected chi connectivity index (χ4v) is 5.80. The van der Waals surface area contributed by atoms with Gasteiger partial charge in [-0.05, 0) is 68.1 Å². The van der Waals surface area contributed by atoms with E-state index in [0.29, 0.717) is 6.54 Å². The Hall–Kier alpha value is -4.17. The summed E-state index contributed by atoms with van der Waals surface area (Å²) in [5.74, 6) is 2.47. The van der Waals surface area contributed by atoms with Crippen molar-refractivity contribution in [1.82, 2.24) is 24.6 Å². The van der Waals surface area contributed by atoms with Gasteiger partial charge in [0.25, 0.3) is 0 Å². The summed E-state index contributed by atoms with van der Waals surface area (Å²) in [6.07, 6.45) is 7.77. The van der Waals surface area contributed by atoms with Gasteiger partial charge in [-0.25, -0.2) is 0 Å². The molecule has 1 atom stereocenters. The Labute approximate surface area is 227 Å². The molecule has 1 amide bonds. The standard InChI is InChI=1S/C31H34N6O2/c32-30(38)23-14-16-36(17-15-23)28(19-24-20-33-27-11-5-4-10-26(24)27)31-35-34-29(13-12-22-7-2-1-3-8-22)37(31)21-25-9-6-18-39-25/h1-11,18,20,23,28,33H,12-17,19,21H2,(H2,32,38)/t28-/m1/s1. The van der Waals surface area contributed by atoms with Crippen molar-refractivity contribution in [3.8, 4) is 0 Å². The van der Waals surface area contributed by atoms with E-state index in [1.165, 1.54) is 16.5 Å². The first-order valence-corrected chi connectivity index (χ1v) is 13.7. The molecule has 8 nitrogen and oxygen atoms in total. The van der Waals surface area contributed by atoms with E-state index in [9.17, 15) is 4.79 Å². The molecule has 200 valence electrons. The predicted octanol–water partition coefficient (Wildman–Crippen LogP) is 4.67. The van der Waals surface area contributed by atoms with E-state index in [-0.39, 0.29) is 17.9 Å². The number of amides is 1. The van der Waals surface area contributed by atoms with E-state index in [1.807, 2.05) is 24.3 Å². The maximum Gasteiger partial charge on any atom is 0.220 e. The highest BCUT2D eigenvalue weighted by Crippen LogP contribution is 2.32. The Morgan fingerprint density at radius 2 is 1.79 bits per heavy atom. The van der Waals surface area contributed by atoms with Crippen molar-refractivity contribution >= 4 is 16.8 Å². The lowest BCUT2D eigenvalue weighted by Gasteiger charge is -2.36. The smallest absolute Gasteiger partial charge is 0.220 e. The van der Waals surface area contributed by atoms with Gasteiger partial charge in [0.2, 0.25) is 5.91 Å². The molecule has 2 aromatic carbocycles. The lowest BCUT2D eigenvalue weighted by atomic mass is 9.93. The van der Waals surface area contributed by atoms with Crippen molar-refractivity contribution in [1.29, 1.82) is 0 Å². The number of aryl methyl sites for hydroxylation is 2. The molecule has 4 heterocycles. The molecule has 1 saturated heterocycles. The van der Waals surface area contributed by atoms with Crippen LogP contribution in [0.25, 0.3) is 10.9 Å². The number of likely N-dealkylation sites (tertiary alicyclic amines) is 1. The van der Waals surface area contributed by atoms with Crippen molar-refractivity contribution in [2.75, 3.05) is 13.1 Å². The number of carbonyl (C=O) groups excluding carboxylic acids is 1. The van der Waals surface area contributed by atoms with Gasteiger partial charge in [-0.3, -0.25) is 9.69 Å². The molecule has 0 bridgehead atoms. The molecule has 0 spiro atoms. The minimum atomic E-state index is -0.202. The topological polar surface area (TPSA) is 106 Å². The van der Waals surface area contributed by atoms with Gasteiger partial charge in [0.1, 0.15) is 11.6 Å². The highest BCUT2D eigenvalue weighted by molar-refractivity contribution is 5.83. The van der Waals surface area contributed by atoms with E-state index in [0.717, 1.165) is 68.1 Å². The van der Waals surface area contributed by atoms with Crippen molar-refractivity contribution in [3.05, 3.63) is 108 Å². The van der Waals surface area contributed by atoms with Crippen LogP contribution in [0.4, 0.5) is 0 Å². The average Bonchev–Trinajstić information content (AvgIpc) is 3.73. The molecule has 5 aromatic rings. The van der Waals surface area contributed by atoms with Gasteiger partial charge >= 0.3 is 0 Å². The summed E-state index contributed by atoms with van der Waals surface area (Å²) in [4.78, 5) is 17.8. The Morgan fingerprint density at radius 1 is 1.00 bits per heavy atom. The van der Waals surface area contributed by atoms with Crippen LogP contribution in [0.15, 0.2) is 83.6 Å². The van der Waals surface area contributed by atoms with Gasteiger partial charge in [0.15, 0.2) is 5.82 Å². The van der Waals surface area contributed by atoms with E-state index in [4.69, 9.17) is 20.3 Å². The zero-order chi connectivity index (χ0) is 26.6. The molecule has 39 heavy (non-hydrogen) atoms. The molecule has 0 aliphatic carbocycles. The van der Waals surface area contributed by atoms with Crippen LogP contribution in [0.3, 0.4) is 0 Å². The summed E-state index contributed by atoms with van der Waals surface area (Å²) in [6.45, 7) is 2.14. The number of nitrogens with two attached hydrogens (primary N) is 1. The summed E-state index contributed by atoms with van der Waals surface area (Å²) in [5, 5.41) is 10.8. The molecule has 1 aliphatic rings. The van der Waals surface area contributed by atoms with Gasteiger partial charge in [0.05, 0.1) is 18.8 Å². The fraction of sp³-hybridized carbons (Fsp3) is 0.323. The number of H-pyrrole nitrogens is 1. The van der Waals surface area contributed by atoms with Crippen LogP contribution in [0.1, 0.15) is 47.4 Å². The third-order valence-electron chi connectivity index (χ3n) is 7.99. The van der Waals surface area contributed by atoms with Gasteiger partial charge in [-0.2, -0.15) is 0 Å². The predicted molar refractivity (Wildman–Crippen MR) is 150 cm³/mol. The molecular formula is C31H34N6O2. The molecule has 8 heteroatoms. The number of benzene rings is 2. The number of para-hydroxylation sites is 1. The monoisotopic (exact) mass is 522 g/mol. The van der Waals surface area contributed by atoms with Gasteiger partial charge in [-0.1, -0.05) is 48.5 Å². The highest BCUT2D eigenvalue weighted by atomic mass is 16.3. The molecule has 0 unspecified atom stereocenters. The number of rotatable bonds is 10. The summed E-state index contributed by atoms with van der Waals surface area (Å²) < 4.78 is 8.00. The van der Waals surface area contributed by atoms with Crippen LogP contribution < -0.4 is 5.73 Å². The minimum Gasteiger partial charge on any atom is -0.467 e. The summed E-state index contributed by atoms with van der Waals surface area (Å²) in [7, 11) is 0. The maximum atomic E-state index is 11.9. The fourth-order valence-electron chi connectivity index (χ4n) is 5.80. The zero-order valence-electron chi connectivity index (χ0n) is 22.0. The van der Waals surface area contributed by atoms with Crippen LogP contribution in [-0.2, 0) is 30.6 Å². The third kappa shape index (κ3) is 5.52. The molecular weight excluding hydrogens is 488 g/mol. The number of aromatic nitrogens is 4. The first-order chi connectivity index (χ1) is 19.2. The van der Waals surface area contributed by atoms with Crippen LogP contribution >= 0.6 is 0 Å². The molecule has 0 radical (unpaired) electrons. The number of primary amides is 1. The van der Waals surface area contributed by atoms with Crippen molar-refractivity contribution in [2.45, 2.75) is 44.7 Å². The van der Waals surface area contributed by atoms with E-state index in [1.54, 1.807) is 6.26 Å². The molecule has 1 fully saturated rings. The first kappa shape index (κ1) is 25.1. The first-order valence-electron chi connectivity index (χ1n) is 13.7. The maximum absolute atomic E-state index is 11.9. The van der Waals surface area contributed by atoms with Crippen molar-refractivity contribution in [2.24, 2.45) is 11.7 Å². The summed E-state index contributed by atoms with van der Waals surface area (Å²) in [5.41, 5.74) is 9.30. The minimum absolute atomic E-state index is 0.00836. The van der Waals surface area contributed by atoms with Crippen molar-refractivity contribution in [3.63, 3.8) is 0 Å². The number of hydrogen-bond acceptors (Lipinski definition) is 5. The molecule has 6 rings (SSSR count). The SMILES string of the molecule is NC(=O)C1CCN([C@H](Cc2c[nH]c3ccccc23)c2nnc(CCc3ccccc3)n2Cc2ccco2)CC1. The number of nitrogens with one attached hydrogen (secondary N) is 1. The van der Waals surface area contributed by atoms with E-state index >= 15 is 0 Å². The second kappa shape index (κ2) is 11.3. The van der Waals surface area contributed by atoms with Crippen LogP contribution in [0.5, 0.6) is 0 Å². The largest absolute Gasteiger partial charge is 0.467 e. The Bertz CT molecular complexity index is 1510. The second-order valence-electron chi connectivity index (χ2n) is 10.4. The lowest BCUT2D eigenvalue weighted by Crippen LogP contribution is -2.42. The van der Waals surface area contributed by atoms with Gasteiger partial charge in [0, 0.05) is 29.4 Å². The number of piperidine rings is 1. The number of aromatic amines is 1. The lowest BCUT2D eigenvalue weighted by molar-refractivity contribution is -0.123. The van der Waals surface area contributed by atoms with E-state index in [2.05, 4.69) is 63.1 Å². The van der Waals surface area contributed by atoms with E-state index < -0.39 is 0 Å². The Kier molecular flexibility index (Phi) is 7.27. The molecule has 3 aromatic heterocycles. The number of furan rings is 1. The number of fused-ring (bicyclic) bond motifs is 1. The third-order valence-corrected chi connectivity index (χ3v) is 7.99. The van der Waals surface area contributed by atoms with Gasteiger partial charge < -0.3 is 19.7 Å². The quantitative estimate of drug-likeness (QED) is 0.277. The Morgan fingerprint density at radius 3 is 2.56 bits per heavy atom.